The maximum atomic E-state index is 13.5. The molecule has 1 unspecified atom stereocenters. The van der Waals surface area contributed by atoms with Crippen molar-refractivity contribution in [3.8, 4) is 0 Å². The van der Waals surface area contributed by atoms with Crippen LogP contribution in [0, 0.1) is 23.0 Å². The lowest BCUT2D eigenvalue weighted by molar-refractivity contribution is -0.138. The molecule has 3 rings (SSSR count). The van der Waals surface area contributed by atoms with Crippen LogP contribution in [0.1, 0.15) is 23.2 Å². The van der Waals surface area contributed by atoms with Crippen molar-refractivity contribution in [3.63, 3.8) is 0 Å². The van der Waals surface area contributed by atoms with Gasteiger partial charge in [0.15, 0.2) is 11.6 Å². The molecule has 2 fully saturated rings. The number of likely N-dealkylation sites (tertiary alicyclic amines) is 1. The highest BCUT2D eigenvalue weighted by atomic mass is 19.2. The standard InChI is InChI=1S/C18H22F2N2O3/c1-21(2)17(24)13-10-22(11-18(13)5-7-25-8-6-18)16(23)12-3-4-14(19)15(20)9-12/h3-4,9,13H,5-8,10-11H2,1-2H3. The first-order chi connectivity index (χ1) is 11.8. The van der Waals surface area contributed by atoms with E-state index in [2.05, 4.69) is 0 Å². The molecule has 25 heavy (non-hydrogen) atoms. The number of hydrogen-bond donors (Lipinski definition) is 0. The van der Waals surface area contributed by atoms with Crippen LogP contribution < -0.4 is 0 Å². The van der Waals surface area contributed by atoms with Crippen LogP contribution in [0.4, 0.5) is 8.78 Å². The van der Waals surface area contributed by atoms with Gasteiger partial charge in [-0.05, 0) is 31.0 Å². The maximum absolute atomic E-state index is 13.5. The van der Waals surface area contributed by atoms with Gasteiger partial charge in [0.2, 0.25) is 5.91 Å². The van der Waals surface area contributed by atoms with Gasteiger partial charge in [-0.2, -0.15) is 0 Å². The summed E-state index contributed by atoms with van der Waals surface area (Å²) in [6.45, 7) is 1.84. The lowest BCUT2D eigenvalue weighted by Gasteiger charge is -2.37. The number of hydrogen-bond acceptors (Lipinski definition) is 3. The molecule has 2 amide bonds. The molecule has 2 saturated heterocycles. The number of ether oxygens (including phenoxy) is 1. The van der Waals surface area contributed by atoms with E-state index >= 15 is 0 Å². The second kappa shape index (κ2) is 6.71. The summed E-state index contributed by atoms with van der Waals surface area (Å²) >= 11 is 0. The molecule has 0 N–H and O–H groups in total. The van der Waals surface area contributed by atoms with Crippen LogP contribution in [0.2, 0.25) is 0 Å². The van der Waals surface area contributed by atoms with E-state index in [1.54, 1.807) is 23.9 Å². The number of benzene rings is 1. The Labute approximate surface area is 145 Å². The molecular formula is C18H22F2N2O3. The zero-order valence-corrected chi connectivity index (χ0v) is 14.4. The summed E-state index contributed by atoms with van der Waals surface area (Å²) in [6, 6.07) is 3.14. The first-order valence-electron chi connectivity index (χ1n) is 8.37. The van der Waals surface area contributed by atoms with Crippen molar-refractivity contribution >= 4 is 11.8 Å². The third kappa shape index (κ3) is 3.25. The summed E-state index contributed by atoms with van der Waals surface area (Å²) in [6.07, 6.45) is 1.41. The van der Waals surface area contributed by atoms with Crippen molar-refractivity contribution in [3.05, 3.63) is 35.4 Å². The monoisotopic (exact) mass is 352 g/mol. The van der Waals surface area contributed by atoms with Crippen LogP contribution in [0.5, 0.6) is 0 Å². The lowest BCUT2D eigenvalue weighted by Crippen LogP contribution is -2.44. The van der Waals surface area contributed by atoms with Gasteiger partial charge in [-0.1, -0.05) is 0 Å². The van der Waals surface area contributed by atoms with Crippen LogP contribution in [-0.4, -0.2) is 62.0 Å². The minimum atomic E-state index is -1.05. The molecule has 1 atom stereocenters. The average Bonchev–Trinajstić information content (AvgIpc) is 2.95. The summed E-state index contributed by atoms with van der Waals surface area (Å²) in [5.74, 6) is -2.73. The average molecular weight is 352 g/mol. The van der Waals surface area contributed by atoms with Gasteiger partial charge in [0.1, 0.15) is 0 Å². The van der Waals surface area contributed by atoms with Gasteiger partial charge in [0.05, 0.1) is 5.92 Å². The highest BCUT2D eigenvalue weighted by Crippen LogP contribution is 2.45. The first kappa shape index (κ1) is 17.8. The van der Waals surface area contributed by atoms with Crippen LogP contribution in [0.25, 0.3) is 0 Å². The topological polar surface area (TPSA) is 49.9 Å². The minimum Gasteiger partial charge on any atom is -0.381 e. The van der Waals surface area contributed by atoms with Crippen molar-refractivity contribution < 1.29 is 23.1 Å². The highest BCUT2D eigenvalue weighted by molar-refractivity contribution is 5.95. The molecular weight excluding hydrogens is 330 g/mol. The van der Waals surface area contributed by atoms with Gasteiger partial charge < -0.3 is 14.5 Å². The van der Waals surface area contributed by atoms with Crippen molar-refractivity contribution in [1.82, 2.24) is 9.80 Å². The Morgan fingerprint density at radius 2 is 1.88 bits per heavy atom. The van der Waals surface area contributed by atoms with Gasteiger partial charge in [-0.15, -0.1) is 0 Å². The van der Waals surface area contributed by atoms with Crippen molar-refractivity contribution in [1.29, 1.82) is 0 Å². The Morgan fingerprint density at radius 3 is 2.48 bits per heavy atom. The predicted octanol–water partition coefficient (Wildman–Crippen LogP) is 1.92. The Balaban J connectivity index is 1.86. The Morgan fingerprint density at radius 1 is 1.20 bits per heavy atom. The van der Waals surface area contributed by atoms with Gasteiger partial charge in [0.25, 0.3) is 5.91 Å². The third-order valence-electron chi connectivity index (χ3n) is 5.33. The molecule has 2 heterocycles. The molecule has 0 bridgehead atoms. The van der Waals surface area contributed by atoms with Crippen LogP contribution in [-0.2, 0) is 9.53 Å². The second-order valence-electron chi connectivity index (χ2n) is 7.07. The number of rotatable bonds is 2. The maximum Gasteiger partial charge on any atom is 0.254 e. The molecule has 0 radical (unpaired) electrons. The first-order valence-corrected chi connectivity index (χ1v) is 8.37. The van der Waals surface area contributed by atoms with Crippen LogP contribution in [0.15, 0.2) is 18.2 Å². The SMILES string of the molecule is CN(C)C(=O)C1CN(C(=O)c2ccc(F)c(F)c2)CC12CCOCC2. The molecule has 0 aromatic heterocycles. The molecule has 2 aliphatic heterocycles. The zero-order valence-electron chi connectivity index (χ0n) is 14.4. The van der Waals surface area contributed by atoms with Gasteiger partial charge in [-0.3, -0.25) is 9.59 Å². The van der Waals surface area contributed by atoms with Crippen molar-refractivity contribution in [2.24, 2.45) is 11.3 Å². The van der Waals surface area contributed by atoms with E-state index < -0.39 is 11.6 Å². The molecule has 136 valence electrons. The van der Waals surface area contributed by atoms with Crippen molar-refractivity contribution in [2.45, 2.75) is 12.8 Å². The smallest absolute Gasteiger partial charge is 0.254 e. The summed E-state index contributed by atoms with van der Waals surface area (Å²) < 4.78 is 32.0. The van der Waals surface area contributed by atoms with Crippen molar-refractivity contribution in [2.75, 3.05) is 40.4 Å². The summed E-state index contributed by atoms with van der Waals surface area (Å²) in [4.78, 5) is 28.6. The Bertz CT molecular complexity index is 687. The summed E-state index contributed by atoms with van der Waals surface area (Å²) in [5.41, 5.74) is -0.215. The van der Waals surface area contributed by atoms with E-state index in [0.717, 1.165) is 12.1 Å². The zero-order chi connectivity index (χ0) is 18.2. The Hall–Kier alpha value is -2.02. The largest absolute Gasteiger partial charge is 0.381 e. The van der Waals surface area contributed by atoms with E-state index in [1.807, 2.05) is 0 Å². The van der Waals surface area contributed by atoms with E-state index in [1.165, 1.54) is 6.07 Å². The molecule has 0 aliphatic carbocycles. The fourth-order valence-electron chi connectivity index (χ4n) is 3.87. The number of halogens is 2. The Kier molecular flexibility index (Phi) is 4.77. The number of amides is 2. The van der Waals surface area contributed by atoms with E-state index in [4.69, 9.17) is 4.74 Å². The molecule has 5 nitrogen and oxygen atoms in total. The predicted molar refractivity (Wildman–Crippen MR) is 86.9 cm³/mol. The van der Waals surface area contributed by atoms with Crippen LogP contribution >= 0.6 is 0 Å². The third-order valence-corrected chi connectivity index (χ3v) is 5.33. The van der Waals surface area contributed by atoms with E-state index in [-0.39, 0.29) is 35.3 Å². The molecule has 0 saturated carbocycles. The molecule has 1 spiro atoms. The molecule has 1 aromatic rings. The lowest BCUT2D eigenvalue weighted by atomic mass is 9.71. The van der Waals surface area contributed by atoms with Crippen LogP contribution in [0.3, 0.4) is 0 Å². The van der Waals surface area contributed by atoms with Gasteiger partial charge in [-0.25, -0.2) is 8.78 Å². The second-order valence-corrected chi connectivity index (χ2v) is 7.07. The fraction of sp³-hybridized carbons (Fsp3) is 0.556. The number of nitrogens with zero attached hydrogens (tertiary/aromatic N) is 2. The molecule has 7 heteroatoms. The van der Waals surface area contributed by atoms with E-state index in [0.29, 0.717) is 32.6 Å². The quantitative estimate of drug-likeness (QED) is 0.817. The fourth-order valence-corrected chi connectivity index (χ4v) is 3.87. The van der Waals surface area contributed by atoms with E-state index in [9.17, 15) is 18.4 Å². The molecule has 1 aromatic carbocycles. The minimum absolute atomic E-state index is 0.0116. The normalized spacial score (nSPS) is 22.2. The number of carbonyl (C=O) groups excluding carboxylic acids is 2. The van der Waals surface area contributed by atoms with Gasteiger partial charge in [0, 0.05) is 51.4 Å². The summed E-state index contributed by atoms with van der Waals surface area (Å²) in [7, 11) is 3.41. The highest BCUT2D eigenvalue weighted by Gasteiger charge is 2.52. The number of carbonyl (C=O) groups is 2. The van der Waals surface area contributed by atoms with Gasteiger partial charge >= 0.3 is 0 Å². The molecule has 2 aliphatic rings. The summed E-state index contributed by atoms with van der Waals surface area (Å²) in [5, 5.41) is 0.